The number of rotatable bonds is 5. The molecule has 1 aromatic carbocycles. The molecule has 1 amide bonds. The van der Waals surface area contributed by atoms with E-state index in [2.05, 4.69) is 25.5 Å². The average Bonchev–Trinajstić information content (AvgIpc) is 3.42. The van der Waals surface area contributed by atoms with Crippen LogP contribution in [0.1, 0.15) is 57.8 Å². The molecule has 0 radical (unpaired) electrons. The van der Waals surface area contributed by atoms with E-state index in [1.165, 1.54) is 37.0 Å². The van der Waals surface area contributed by atoms with Crippen molar-refractivity contribution in [2.45, 2.75) is 45.1 Å². The summed E-state index contributed by atoms with van der Waals surface area (Å²) in [5.41, 5.74) is 7.95. The lowest BCUT2D eigenvalue weighted by molar-refractivity contribution is 0.103. The maximum Gasteiger partial charge on any atom is 0.267 e. The number of thiazole rings is 1. The number of nitrogens with zero attached hydrogens (tertiary/aromatic N) is 3. The van der Waals surface area contributed by atoms with Crippen molar-refractivity contribution in [1.82, 2.24) is 20.2 Å². The first-order chi connectivity index (χ1) is 13.1. The van der Waals surface area contributed by atoms with Crippen LogP contribution in [0.5, 0.6) is 0 Å². The molecule has 3 aromatic rings. The van der Waals surface area contributed by atoms with E-state index < -0.39 is 0 Å². The molecule has 7 nitrogen and oxygen atoms in total. The van der Waals surface area contributed by atoms with Crippen molar-refractivity contribution in [3.63, 3.8) is 0 Å². The molecule has 1 fully saturated rings. The summed E-state index contributed by atoms with van der Waals surface area (Å²) in [6.07, 6.45) is 4.88. The highest BCUT2D eigenvalue weighted by atomic mass is 35.5. The molecule has 0 bridgehead atoms. The third-order valence-corrected chi connectivity index (χ3v) is 6.17. The van der Waals surface area contributed by atoms with Crippen LogP contribution >= 0.6 is 36.2 Å². The van der Waals surface area contributed by atoms with Gasteiger partial charge < -0.3 is 11.1 Å². The van der Waals surface area contributed by atoms with Gasteiger partial charge in [-0.1, -0.05) is 12.8 Å². The van der Waals surface area contributed by atoms with Gasteiger partial charge in [-0.3, -0.25) is 9.89 Å². The monoisotopic (exact) mass is 454 g/mol. The lowest BCUT2D eigenvalue weighted by Crippen LogP contribution is -2.11. The Bertz CT molecular complexity index is 950. The Morgan fingerprint density at radius 2 is 1.90 bits per heavy atom. The lowest BCUT2D eigenvalue weighted by Gasteiger charge is -2.05. The Labute approximate surface area is 185 Å². The van der Waals surface area contributed by atoms with Gasteiger partial charge in [0.15, 0.2) is 5.82 Å². The Kier molecular flexibility index (Phi) is 8.15. The highest BCUT2D eigenvalue weighted by Gasteiger charge is 2.23. The smallest absolute Gasteiger partial charge is 0.267 e. The fourth-order valence-corrected chi connectivity index (χ4v) is 4.51. The summed E-state index contributed by atoms with van der Waals surface area (Å²) < 4.78 is 0. The molecule has 1 aliphatic carbocycles. The standard InChI is InChI=1S/C19H22N6OS.2ClH/c1-11-16(27-19(21-11)13-4-2-3-5-13)18(26)22-14-8-6-12(7-9-14)17-23-15(10-20)24-25-17;;/h6-9,13H,2-5,10,20H2,1H3,(H,22,26)(H,23,24,25);2*1H. The van der Waals surface area contributed by atoms with Crippen LogP contribution in [0.25, 0.3) is 11.4 Å². The van der Waals surface area contributed by atoms with E-state index in [1.807, 2.05) is 31.2 Å². The van der Waals surface area contributed by atoms with E-state index >= 15 is 0 Å². The highest BCUT2D eigenvalue weighted by Crippen LogP contribution is 2.37. The molecule has 2 aromatic heterocycles. The van der Waals surface area contributed by atoms with Gasteiger partial charge in [-0.15, -0.1) is 36.2 Å². The number of H-pyrrole nitrogens is 1. The summed E-state index contributed by atoms with van der Waals surface area (Å²) in [4.78, 5) is 22.3. The van der Waals surface area contributed by atoms with Gasteiger partial charge in [-0.05, 0) is 44.0 Å². The van der Waals surface area contributed by atoms with Crippen molar-refractivity contribution in [3.05, 3.63) is 45.7 Å². The molecular weight excluding hydrogens is 431 g/mol. The van der Waals surface area contributed by atoms with Crippen LogP contribution in [-0.2, 0) is 6.54 Å². The quantitative estimate of drug-likeness (QED) is 0.527. The number of aryl methyl sites for hydroxylation is 1. The van der Waals surface area contributed by atoms with Crippen molar-refractivity contribution in [3.8, 4) is 11.4 Å². The predicted molar refractivity (Wildman–Crippen MR) is 120 cm³/mol. The maximum absolute atomic E-state index is 12.7. The fourth-order valence-electron chi connectivity index (χ4n) is 3.38. The van der Waals surface area contributed by atoms with Crippen molar-refractivity contribution >= 4 is 47.7 Å². The number of aromatic amines is 1. The molecule has 156 valence electrons. The van der Waals surface area contributed by atoms with Crippen LogP contribution in [-0.4, -0.2) is 26.1 Å². The number of benzene rings is 1. The van der Waals surface area contributed by atoms with Gasteiger partial charge in [0.1, 0.15) is 10.7 Å². The Hall–Kier alpha value is -2.00. The summed E-state index contributed by atoms with van der Waals surface area (Å²) in [6, 6.07) is 7.45. The van der Waals surface area contributed by atoms with E-state index in [0.717, 1.165) is 22.0 Å². The largest absolute Gasteiger partial charge is 0.324 e. The molecule has 0 spiro atoms. The van der Waals surface area contributed by atoms with Gasteiger partial charge in [0.05, 0.1) is 17.2 Å². The van der Waals surface area contributed by atoms with Gasteiger partial charge in [0.25, 0.3) is 5.91 Å². The van der Waals surface area contributed by atoms with Gasteiger partial charge in [-0.2, -0.15) is 5.10 Å². The Morgan fingerprint density at radius 3 is 2.52 bits per heavy atom. The summed E-state index contributed by atoms with van der Waals surface area (Å²) in [7, 11) is 0. The molecule has 2 heterocycles. The minimum atomic E-state index is -0.106. The van der Waals surface area contributed by atoms with E-state index in [-0.39, 0.29) is 30.7 Å². The normalized spacial score (nSPS) is 13.6. The van der Waals surface area contributed by atoms with E-state index in [0.29, 0.717) is 29.0 Å². The number of nitrogens with two attached hydrogens (primary N) is 1. The topological polar surface area (TPSA) is 110 Å². The average molecular weight is 455 g/mol. The number of halogens is 2. The van der Waals surface area contributed by atoms with E-state index in [1.54, 1.807) is 0 Å². The first-order valence-electron chi connectivity index (χ1n) is 9.14. The second-order valence-electron chi connectivity index (χ2n) is 6.79. The van der Waals surface area contributed by atoms with E-state index in [9.17, 15) is 4.79 Å². The Morgan fingerprint density at radius 1 is 1.21 bits per heavy atom. The molecule has 1 saturated carbocycles. The van der Waals surface area contributed by atoms with Crippen LogP contribution in [0, 0.1) is 6.92 Å². The van der Waals surface area contributed by atoms with Crippen LogP contribution in [0.2, 0.25) is 0 Å². The molecular formula is C19H24Cl2N6OS. The zero-order valence-electron chi connectivity index (χ0n) is 16.0. The van der Waals surface area contributed by atoms with Crippen molar-refractivity contribution < 1.29 is 4.79 Å². The maximum atomic E-state index is 12.7. The lowest BCUT2D eigenvalue weighted by atomic mass is 10.1. The van der Waals surface area contributed by atoms with Crippen LogP contribution in [0.4, 0.5) is 5.69 Å². The summed E-state index contributed by atoms with van der Waals surface area (Å²) in [5, 5.41) is 11.0. The first kappa shape index (κ1) is 23.3. The molecule has 1 aliphatic rings. The number of amides is 1. The second-order valence-corrected chi connectivity index (χ2v) is 7.82. The second kappa shape index (κ2) is 10.2. The number of aromatic nitrogens is 4. The van der Waals surface area contributed by atoms with E-state index in [4.69, 9.17) is 5.73 Å². The zero-order valence-corrected chi connectivity index (χ0v) is 18.4. The fraction of sp³-hybridized carbons (Fsp3) is 0.368. The SMILES string of the molecule is Cc1nc(C2CCCC2)sc1C(=O)Nc1ccc(-c2n[nH]c(CN)n2)cc1.Cl.Cl. The first-order valence-corrected chi connectivity index (χ1v) is 9.96. The van der Waals surface area contributed by atoms with Crippen LogP contribution < -0.4 is 11.1 Å². The van der Waals surface area contributed by atoms with Crippen LogP contribution in [0.15, 0.2) is 24.3 Å². The molecule has 10 heteroatoms. The number of hydrogen-bond acceptors (Lipinski definition) is 6. The minimum Gasteiger partial charge on any atom is -0.324 e. The molecule has 29 heavy (non-hydrogen) atoms. The third-order valence-electron chi connectivity index (χ3n) is 4.85. The van der Waals surface area contributed by atoms with Crippen molar-refractivity contribution in [2.75, 3.05) is 5.32 Å². The van der Waals surface area contributed by atoms with Crippen LogP contribution in [0.3, 0.4) is 0 Å². The molecule has 0 aliphatic heterocycles. The van der Waals surface area contributed by atoms with Gasteiger partial charge >= 0.3 is 0 Å². The highest BCUT2D eigenvalue weighted by molar-refractivity contribution is 7.14. The van der Waals surface area contributed by atoms with Gasteiger partial charge in [0.2, 0.25) is 0 Å². The minimum absolute atomic E-state index is 0. The summed E-state index contributed by atoms with van der Waals surface area (Å²) in [6.45, 7) is 2.23. The number of nitrogens with one attached hydrogen (secondary N) is 2. The molecule has 4 N–H and O–H groups in total. The van der Waals surface area contributed by atoms with Gasteiger partial charge in [0, 0.05) is 17.2 Å². The zero-order chi connectivity index (χ0) is 18.8. The summed E-state index contributed by atoms with van der Waals surface area (Å²) >= 11 is 1.53. The number of carbonyl (C=O) groups is 1. The molecule has 0 atom stereocenters. The molecule has 4 rings (SSSR count). The van der Waals surface area contributed by atoms with Crippen molar-refractivity contribution in [1.29, 1.82) is 0 Å². The number of anilines is 1. The summed E-state index contributed by atoms with van der Waals surface area (Å²) in [5.74, 6) is 1.65. The van der Waals surface area contributed by atoms with Crippen molar-refractivity contribution in [2.24, 2.45) is 5.73 Å². The molecule has 0 saturated heterocycles. The molecule has 0 unspecified atom stereocenters. The third kappa shape index (κ3) is 5.14. The van der Waals surface area contributed by atoms with Gasteiger partial charge in [-0.25, -0.2) is 9.97 Å². The Balaban J connectivity index is 0.00000150. The number of carbonyl (C=O) groups excluding carboxylic acids is 1. The predicted octanol–water partition coefficient (Wildman–Crippen LogP) is 4.45. The number of hydrogen-bond donors (Lipinski definition) is 3.